The van der Waals surface area contributed by atoms with E-state index >= 15 is 0 Å². The summed E-state index contributed by atoms with van der Waals surface area (Å²) in [5, 5.41) is 2.99. The molecule has 1 saturated heterocycles. The molecule has 2 fully saturated rings. The SMILES string of the molecule is C[C@@H]1C[C@H](C)CN(S(=O)(=O)c2ccc(C(=O)N[C@@H](C)C3CC3)cc2)C1. The van der Waals surface area contributed by atoms with E-state index in [1.807, 2.05) is 6.92 Å². The molecular weight excluding hydrogens is 336 g/mol. The molecule has 3 atom stereocenters. The zero-order chi connectivity index (χ0) is 18.2. The topological polar surface area (TPSA) is 66.5 Å². The second-order valence-electron chi connectivity index (χ2n) is 7.89. The molecule has 1 aromatic rings. The molecule has 6 heteroatoms. The van der Waals surface area contributed by atoms with Gasteiger partial charge in [-0.25, -0.2) is 8.42 Å². The van der Waals surface area contributed by atoms with Crippen LogP contribution in [0.5, 0.6) is 0 Å². The standard InChI is InChI=1S/C19H28N2O3S/c1-13-10-14(2)12-21(11-13)25(23,24)18-8-6-17(7-9-18)19(22)20-15(3)16-4-5-16/h6-9,13-16H,4-5,10-12H2,1-3H3,(H,20,22)/t13-,14+,15-/m0/s1. The number of carbonyl (C=O) groups excluding carboxylic acids is 1. The van der Waals surface area contributed by atoms with Crippen LogP contribution < -0.4 is 5.32 Å². The molecule has 5 nitrogen and oxygen atoms in total. The van der Waals surface area contributed by atoms with E-state index in [1.54, 1.807) is 28.6 Å². The first-order valence-electron chi connectivity index (χ1n) is 9.18. The molecule has 25 heavy (non-hydrogen) atoms. The van der Waals surface area contributed by atoms with Gasteiger partial charge in [0.05, 0.1) is 4.90 Å². The van der Waals surface area contributed by atoms with E-state index in [1.165, 1.54) is 12.8 Å². The van der Waals surface area contributed by atoms with Gasteiger partial charge in [-0.05, 0) is 68.2 Å². The minimum Gasteiger partial charge on any atom is -0.349 e. The molecular formula is C19H28N2O3S. The quantitative estimate of drug-likeness (QED) is 0.874. The third-order valence-corrected chi connectivity index (χ3v) is 7.12. The van der Waals surface area contributed by atoms with E-state index in [2.05, 4.69) is 19.2 Å². The van der Waals surface area contributed by atoms with Gasteiger partial charge in [0, 0.05) is 24.7 Å². The van der Waals surface area contributed by atoms with Crippen molar-refractivity contribution in [1.29, 1.82) is 0 Å². The molecule has 0 unspecified atom stereocenters. The van der Waals surface area contributed by atoms with Crippen LogP contribution in [-0.2, 0) is 10.0 Å². The minimum atomic E-state index is -3.50. The Bertz CT molecular complexity index is 716. The lowest BCUT2D eigenvalue weighted by atomic mass is 9.94. The highest BCUT2D eigenvalue weighted by Gasteiger charge is 2.32. The second kappa shape index (κ2) is 7.08. The Morgan fingerprint density at radius 2 is 1.68 bits per heavy atom. The zero-order valence-corrected chi connectivity index (χ0v) is 16.1. The number of hydrogen-bond donors (Lipinski definition) is 1. The Kier molecular flexibility index (Phi) is 5.21. The predicted molar refractivity (Wildman–Crippen MR) is 97.8 cm³/mol. The summed E-state index contributed by atoms with van der Waals surface area (Å²) in [6, 6.07) is 6.50. The fourth-order valence-corrected chi connectivity index (χ4v) is 5.41. The Labute approximate surface area is 150 Å². The van der Waals surface area contributed by atoms with Gasteiger partial charge in [0.1, 0.15) is 0 Å². The van der Waals surface area contributed by atoms with Gasteiger partial charge in [-0.1, -0.05) is 13.8 Å². The molecule has 1 aromatic carbocycles. The number of amides is 1. The first-order valence-corrected chi connectivity index (χ1v) is 10.6. The summed E-state index contributed by atoms with van der Waals surface area (Å²) < 4.78 is 27.3. The van der Waals surface area contributed by atoms with Gasteiger partial charge in [0.25, 0.3) is 5.91 Å². The molecule has 3 rings (SSSR count). The third-order valence-electron chi connectivity index (χ3n) is 5.28. The molecule has 1 aliphatic heterocycles. The zero-order valence-electron chi connectivity index (χ0n) is 15.2. The van der Waals surface area contributed by atoms with Crippen LogP contribution >= 0.6 is 0 Å². The predicted octanol–water partition coefficient (Wildman–Crippen LogP) is 2.88. The van der Waals surface area contributed by atoms with Crippen LogP contribution in [0.3, 0.4) is 0 Å². The fraction of sp³-hybridized carbons (Fsp3) is 0.632. The van der Waals surface area contributed by atoms with Crippen molar-refractivity contribution in [3.63, 3.8) is 0 Å². The van der Waals surface area contributed by atoms with Crippen molar-refractivity contribution in [2.45, 2.75) is 51.0 Å². The fourth-order valence-electron chi connectivity index (χ4n) is 3.73. The van der Waals surface area contributed by atoms with E-state index in [4.69, 9.17) is 0 Å². The van der Waals surface area contributed by atoms with E-state index in [0.29, 0.717) is 36.4 Å². The van der Waals surface area contributed by atoms with E-state index in [-0.39, 0.29) is 16.8 Å². The normalized spacial score (nSPS) is 26.2. The first kappa shape index (κ1) is 18.4. The number of rotatable bonds is 5. The summed E-state index contributed by atoms with van der Waals surface area (Å²) in [7, 11) is -3.50. The maximum absolute atomic E-state index is 12.9. The highest BCUT2D eigenvalue weighted by Crippen LogP contribution is 2.32. The molecule has 1 aliphatic carbocycles. The Hall–Kier alpha value is -1.40. The van der Waals surface area contributed by atoms with Crippen LogP contribution in [0, 0.1) is 17.8 Å². The second-order valence-corrected chi connectivity index (χ2v) is 9.83. The summed E-state index contributed by atoms with van der Waals surface area (Å²) in [5.74, 6) is 1.19. The van der Waals surface area contributed by atoms with Gasteiger partial charge in [-0.3, -0.25) is 4.79 Å². The van der Waals surface area contributed by atoms with Crippen molar-refractivity contribution in [2.24, 2.45) is 17.8 Å². The highest BCUT2D eigenvalue weighted by molar-refractivity contribution is 7.89. The Morgan fingerprint density at radius 1 is 1.12 bits per heavy atom. The highest BCUT2D eigenvalue weighted by atomic mass is 32.2. The molecule has 0 bridgehead atoms. The van der Waals surface area contributed by atoms with Crippen LogP contribution in [-0.4, -0.2) is 37.8 Å². The van der Waals surface area contributed by atoms with Gasteiger partial charge in [0.15, 0.2) is 0 Å². The van der Waals surface area contributed by atoms with Crippen LogP contribution in [0.2, 0.25) is 0 Å². The van der Waals surface area contributed by atoms with Gasteiger partial charge in [0.2, 0.25) is 10.0 Å². The van der Waals surface area contributed by atoms with E-state index < -0.39 is 10.0 Å². The van der Waals surface area contributed by atoms with Crippen molar-refractivity contribution in [1.82, 2.24) is 9.62 Å². The molecule has 1 saturated carbocycles. The van der Waals surface area contributed by atoms with Crippen LogP contribution in [0.1, 0.15) is 50.4 Å². The average molecular weight is 365 g/mol. The third kappa shape index (κ3) is 4.23. The Balaban J connectivity index is 1.71. The number of sulfonamides is 1. The summed E-state index contributed by atoms with van der Waals surface area (Å²) in [6.45, 7) is 7.33. The molecule has 138 valence electrons. The number of piperidine rings is 1. The number of hydrogen-bond acceptors (Lipinski definition) is 3. The van der Waals surface area contributed by atoms with Crippen LogP contribution in [0.15, 0.2) is 29.2 Å². The lowest BCUT2D eigenvalue weighted by Crippen LogP contribution is -2.42. The molecule has 1 N–H and O–H groups in total. The molecule has 2 aliphatic rings. The molecule has 1 heterocycles. The lowest BCUT2D eigenvalue weighted by molar-refractivity contribution is 0.0935. The number of nitrogens with zero attached hydrogens (tertiary/aromatic N) is 1. The lowest BCUT2D eigenvalue weighted by Gasteiger charge is -2.34. The molecule has 1 amide bonds. The molecule has 0 radical (unpaired) electrons. The summed E-state index contributed by atoms with van der Waals surface area (Å²) in [4.78, 5) is 12.5. The number of benzene rings is 1. The van der Waals surface area contributed by atoms with Crippen LogP contribution in [0.25, 0.3) is 0 Å². The number of carbonyl (C=O) groups is 1. The van der Waals surface area contributed by atoms with Gasteiger partial charge in [-0.2, -0.15) is 4.31 Å². The molecule has 0 spiro atoms. The monoisotopic (exact) mass is 364 g/mol. The summed E-state index contributed by atoms with van der Waals surface area (Å²) in [6.07, 6.45) is 3.40. The maximum atomic E-state index is 12.9. The van der Waals surface area contributed by atoms with Crippen molar-refractivity contribution < 1.29 is 13.2 Å². The average Bonchev–Trinajstić information content (AvgIpc) is 3.39. The summed E-state index contributed by atoms with van der Waals surface area (Å²) >= 11 is 0. The smallest absolute Gasteiger partial charge is 0.251 e. The van der Waals surface area contributed by atoms with E-state index in [0.717, 1.165) is 6.42 Å². The van der Waals surface area contributed by atoms with Crippen molar-refractivity contribution >= 4 is 15.9 Å². The number of nitrogens with one attached hydrogen (secondary N) is 1. The largest absolute Gasteiger partial charge is 0.349 e. The van der Waals surface area contributed by atoms with Crippen molar-refractivity contribution in [3.8, 4) is 0 Å². The van der Waals surface area contributed by atoms with Crippen molar-refractivity contribution in [2.75, 3.05) is 13.1 Å². The van der Waals surface area contributed by atoms with Crippen LogP contribution in [0.4, 0.5) is 0 Å². The van der Waals surface area contributed by atoms with Gasteiger partial charge >= 0.3 is 0 Å². The Morgan fingerprint density at radius 3 is 2.20 bits per heavy atom. The van der Waals surface area contributed by atoms with Gasteiger partial charge in [-0.15, -0.1) is 0 Å². The maximum Gasteiger partial charge on any atom is 0.251 e. The summed E-state index contributed by atoms with van der Waals surface area (Å²) in [5.41, 5.74) is 0.506. The first-order chi connectivity index (χ1) is 11.8. The molecule has 0 aromatic heterocycles. The van der Waals surface area contributed by atoms with E-state index in [9.17, 15) is 13.2 Å². The minimum absolute atomic E-state index is 0.136. The van der Waals surface area contributed by atoms with Gasteiger partial charge < -0.3 is 5.32 Å². The van der Waals surface area contributed by atoms with Crippen molar-refractivity contribution in [3.05, 3.63) is 29.8 Å².